The molecule has 2 aliphatic heterocycles. The molecule has 3 aromatic rings. The van der Waals surface area contributed by atoms with E-state index < -0.39 is 11.9 Å². The van der Waals surface area contributed by atoms with Gasteiger partial charge in [0.05, 0.1) is 11.0 Å². The van der Waals surface area contributed by atoms with Gasteiger partial charge in [0, 0.05) is 25.5 Å². The van der Waals surface area contributed by atoms with Crippen LogP contribution in [0.25, 0.3) is 22.1 Å². The zero-order valence-electron chi connectivity index (χ0n) is 15.5. The Hall–Kier alpha value is -2.94. The number of rotatable bonds is 2. The summed E-state index contributed by atoms with van der Waals surface area (Å²) in [5.74, 6) is 0.261. The number of imidazole rings is 1. The predicted molar refractivity (Wildman–Crippen MR) is 101 cm³/mol. The second kappa shape index (κ2) is 6.30. The van der Waals surface area contributed by atoms with Gasteiger partial charge in [0.15, 0.2) is 11.5 Å². The molecule has 2 aromatic heterocycles. The van der Waals surface area contributed by atoms with Gasteiger partial charge in [-0.1, -0.05) is 0 Å². The summed E-state index contributed by atoms with van der Waals surface area (Å²) in [5.41, 5.74) is 2.32. The maximum absolute atomic E-state index is 12.8. The highest BCUT2D eigenvalue weighted by atomic mass is 16.3. The van der Waals surface area contributed by atoms with Crippen molar-refractivity contribution < 1.29 is 14.0 Å². The number of nitrogens with zero attached hydrogens (tertiary/aromatic N) is 3. The van der Waals surface area contributed by atoms with Crippen LogP contribution in [0.4, 0.5) is 0 Å². The standard InChI is InChI=1S/C19H21N5O4/c1-23-13-9-15-11(21-18(28-15)10-4-6-20-7-5-10)8-14(13)24(19(23)27)12-2-3-16(25)22-17(12)26/h8-10,12,20H,2-7H2,1H3,(H,22,25,26). The molecule has 2 saturated heterocycles. The van der Waals surface area contributed by atoms with Gasteiger partial charge in [-0.3, -0.25) is 24.0 Å². The molecule has 0 bridgehead atoms. The first kappa shape index (κ1) is 17.2. The van der Waals surface area contributed by atoms with Crippen molar-refractivity contribution in [3.63, 3.8) is 0 Å². The number of hydrogen-bond donors (Lipinski definition) is 2. The zero-order valence-corrected chi connectivity index (χ0v) is 15.5. The first-order valence-electron chi connectivity index (χ1n) is 9.59. The number of fused-ring (bicyclic) bond motifs is 2. The number of benzene rings is 1. The van der Waals surface area contributed by atoms with Crippen LogP contribution in [-0.2, 0) is 16.6 Å². The summed E-state index contributed by atoms with van der Waals surface area (Å²) < 4.78 is 8.99. The topological polar surface area (TPSA) is 111 Å². The molecule has 0 aliphatic carbocycles. The highest BCUT2D eigenvalue weighted by molar-refractivity contribution is 6.00. The van der Waals surface area contributed by atoms with Crippen LogP contribution in [-0.4, -0.2) is 39.0 Å². The lowest BCUT2D eigenvalue weighted by Crippen LogP contribution is -2.44. The minimum atomic E-state index is -0.706. The fourth-order valence-corrected chi connectivity index (χ4v) is 4.27. The highest BCUT2D eigenvalue weighted by Crippen LogP contribution is 2.31. The van der Waals surface area contributed by atoms with Crippen LogP contribution in [0, 0.1) is 0 Å². The zero-order chi connectivity index (χ0) is 19.4. The smallest absolute Gasteiger partial charge is 0.329 e. The summed E-state index contributed by atoms with van der Waals surface area (Å²) in [6.45, 7) is 1.89. The van der Waals surface area contributed by atoms with E-state index in [2.05, 4.69) is 15.6 Å². The molecule has 28 heavy (non-hydrogen) atoms. The Labute approximate surface area is 159 Å². The van der Waals surface area contributed by atoms with Crippen molar-refractivity contribution in [2.24, 2.45) is 7.05 Å². The number of hydrogen-bond acceptors (Lipinski definition) is 6. The molecule has 1 atom stereocenters. The fraction of sp³-hybridized carbons (Fsp3) is 0.474. The van der Waals surface area contributed by atoms with Crippen LogP contribution in [0.1, 0.15) is 43.5 Å². The third-order valence-corrected chi connectivity index (χ3v) is 5.83. The monoisotopic (exact) mass is 383 g/mol. The third kappa shape index (κ3) is 2.57. The Bertz CT molecular complexity index is 1160. The highest BCUT2D eigenvalue weighted by Gasteiger charge is 2.31. The maximum Gasteiger partial charge on any atom is 0.329 e. The van der Waals surface area contributed by atoms with Crippen LogP contribution < -0.4 is 16.3 Å². The third-order valence-electron chi connectivity index (χ3n) is 5.83. The average molecular weight is 383 g/mol. The molecule has 146 valence electrons. The summed E-state index contributed by atoms with van der Waals surface area (Å²) >= 11 is 0. The number of aromatic nitrogens is 3. The van der Waals surface area contributed by atoms with Crippen molar-refractivity contribution in [3.05, 3.63) is 28.5 Å². The van der Waals surface area contributed by atoms with Gasteiger partial charge in [0.25, 0.3) is 0 Å². The van der Waals surface area contributed by atoms with Crippen molar-refractivity contribution in [1.82, 2.24) is 24.8 Å². The predicted octanol–water partition coefficient (Wildman–Crippen LogP) is 0.926. The SMILES string of the molecule is Cn1c(=O)n(C2CCC(=O)NC2=O)c2cc3nc(C4CCNCC4)oc3cc21. The normalized spacial score (nSPS) is 21.5. The summed E-state index contributed by atoms with van der Waals surface area (Å²) in [4.78, 5) is 41.3. The molecule has 1 unspecified atom stereocenters. The number of piperidine rings is 2. The second-order valence-electron chi connectivity index (χ2n) is 7.56. The minimum absolute atomic E-state index is 0.214. The van der Waals surface area contributed by atoms with Crippen molar-refractivity contribution in [3.8, 4) is 0 Å². The molecule has 0 radical (unpaired) electrons. The molecule has 0 saturated carbocycles. The molecule has 9 heteroatoms. The van der Waals surface area contributed by atoms with Gasteiger partial charge in [-0.05, 0) is 38.4 Å². The molecule has 2 aliphatic rings. The first-order chi connectivity index (χ1) is 13.5. The molecule has 5 rings (SSSR count). The van der Waals surface area contributed by atoms with E-state index in [4.69, 9.17) is 4.42 Å². The second-order valence-corrected chi connectivity index (χ2v) is 7.56. The van der Waals surface area contributed by atoms with Gasteiger partial charge in [0.2, 0.25) is 11.8 Å². The lowest BCUT2D eigenvalue weighted by Gasteiger charge is -2.21. The molecular weight excluding hydrogens is 362 g/mol. The van der Waals surface area contributed by atoms with Gasteiger partial charge >= 0.3 is 5.69 Å². The number of aryl methyl sites for hydroxylation is 1. The Kier molecular flexibility index (Phi) is 3.87. The fourth-order valence-electron chi connectivity index (χ4n) is 4.27. The molecule has 2 N–H and O–H groups in total. The van der Waals surface area contributed by atoms with Crippen LogP contribution >= 0.6 is 0 Å². The van der Waals surface area contributed by atoms with E-state index in [0.717, 1.165) is 31.8 Å². The lowest BCUT2D eigenvalue weighted by atomic mass is 9.98. The van der Waals surface area contributed by atoms with E-state index in [-0.39, 0.29) is 23.9 Å². The van der Waals surface area contributed by atoms with Crippen LogP contribution in [0.5, 0.6) is 0 Å². The molecule has 9 nitrogen and oxygen atoms in total. The Morgan fingerprint density at radius 3 is 2.64 bits per heavy atom. The summed E-state index contributed by atoms with van der Waals surface area (Å²) in [7, 11) is 1.67. The molecule has 2 amide bonds. The molecule has 0 spiro atoms. The summed E-state index contributed by atoms with van der Waals surface area (Å²) in [6.07, 6.45) is 2.48. The summed E-state index contributed by atoms with van der Waals surface area (Å²) in [5, 5.41) is 5.66. The van der Waals surface area contributed by atoms with E-state index in [1.165, 1.54) is 9.13 Å². The van der Waals surface area contributed by atoms with Crippen molar-refractivity contribution in [2.45, 2.75) is 37.6 Å². The number of carbonyl (C=O) groups excluding carboxylic acids is 2. The number of nitrogens with one attached hydrogen (secondary N) is 2. The Morgan fingerprint density at radius 1 is 1.11 bits per heavy atom. The van der Waals surface area contributed by atoms with E-state index in [1.54, 1.807) is 7.05 Å². The molecule has 4 heterocycles. The quantitative estimate of drug-likeness (QED) is 0.637. The van der Waals surface area contributed by atoms with Gasteiger partial charge in [-0.2, -0.15) is 0 Å². The van der Waals surface area contributed by atoms with E-state index >= 15 is 0 Å². The number of carbonyl (C=O) groups is 2. The first-order valence-corrected chi connectivity index (χ1v) is 9.59. The van der Waals surface area contributed by atoms with Crippen molar-refractivity contribution in [2.75, 3.05) is 13.1 Å². The number of amides is 2. The molecular formula is C19H21N5O4. The maximum atomic E-state index is 12.8. The van der Waals surface area contributed by atoms with Crippen molar-refractivity contribution >= 4 is 33.9 Å². The van der Waals surface area contributed by atoms with E-state index in [1.807, 2.05) is 12.1 Å². The van der Waals surface area contributed by atoms with Gasteiger partial charge in [-0.15, -0.1) is 0 Å². The average Bonchev–Trinajstić information content (AvgIpc) is 3.21. The van der Waals surface area contributed by atoms with Crippen molar-refractivity contribution in [1.29, 1.82) is 0 Å². The Morgan fingerprint density at radius 2 is 1.89 bits per heavy atom. The molecule has 2 fully saturated rings. The summed E-state index contributed by atoms with van der Waals surface area (Å²) in [6, 6.07) is 2.91. The minimum Gasteiger partial charge on any atom is -0.440 e. The lowest BCUT2D eigenvalue weighted by molar-refractivity contribution is -0.135. The largest absolute Gasteiger partial charge is 0.440 e. The van der Waals surface area contributed by atoms with E-state index in [0.29, 0.717) is 28.6 Å². The van der Waals surface area contributed by atoms with E-state index in [9.17, 15) is 14.4 Å². The number of oxazole rings is 1. The number of imide groups is 1. The Balaban J connectivity index is 1.64. The van der Waals surface area contributed by atoms with Crippen LogP contribution in [0.2, 0.25) is 0 Å². The van der Waals surface area contributed by atoms with Gasteiger partial charge < -0.3 is 9.73 Å². The van der Waals surface area contributed by atoms with Gasteiger partial charge in [0.1, 0.15) is 11.6 Å². The van der Waals surface area contributed by atoms with Crippen LogP contribution in [0.15, 0.2) is 21.3 Å². The van der Waals surface area contributed by atoms with Crippen LogP contribution in [0.3, 0.4) is 0 Å². The van der Waals surface area contributed by atoms with Gasteiger partial charge in [-0.25, -0.2) is 9.78 Å². The molecule has 1 aromatic carbocycles.